The Morgan fingerprint density at radius 2 is 1.96 bits per heavy atom. The molecule has 1 saturated carbocycles. The number of hydrogen-bond acceptors (Lipinski definition) is 3. The number of ether oxygens (including phenoxy) is 1. The van der Waals surface area contributed by atoms with Crippen LogP contribution < -0.4 is 4.74 Å². The molecule has 2 fully saturated rings. The smallest absolute Gasteiger partial charge is 0.123 e. The Hall–Kier alpha value is -1.91. The molecule has 1 aliphatic heterocycles. The fraction of sp³-hybridized carbons (Fsp3) is 0.478. The molecular weight excluding hydrogens is 341 g/mol. The summed E-state index contributed by atoms with van der Waals surface area (Å²) in [5.74, 6) is 0.853. The summed E-state index contributed by atoms with van der Waals surface area (Å²) >= 11 is 0. The average molecular weight is 369 g/mol. The first-order chi connectivity index (χ1) is 13.1. The van der Waals surface area contributed by atoms with Crippen molar-refractivity contribution in [1.82, 2.24) is 4.90 Å². The van der Waals surface area contributed by atoms with Crippen molar-refractivity contribution < 1.29 is 14.2 Å². The minimum atomic E-state index is -0.582. The summed E-state index contributed by atoms with van der Waals surface area (Å²) in [4.78, 5) is 2.42. The van der Waals surface area contributed by atoms with E-state index in [0.717, 1.165) is 50.0 Å². The lowest BCUT2D eigenvalue weighted by molar-refractivity contribution is -0.126. The van der Waals surface area contributed by atoms with Crippen LogP contribution in [0.2, 0.25) is 0 Å². The van der Waals surface area contributed by atoms with E-state index in [9.17, 15) is 9.50 Å². The normalized spacial score (nSPS) is 28.6. The van der Waals surface area contributed by atoms with Gasteiger partial charge in [0.25, 0.3) is 0 Å². The van der Waals surface area contributed by atoms with Gasteiger partial charge in [-0.25, -0.2) is 4.39 Å². The predicted octanol–water partition coefficient (Wildman–Crippen LogP) is 4.70. The van der Waals surface area contributed by atoms with Crippen molar-refractivity contribution in [2.45, 2.75) is 50.3 Å². The van der Waals surface area contributed by atoms with Crippen LogP contribution in [0.1, 0.15) is 49.3 Å². The molecule has 0 radical (unpaired) electrons. The Bertz CT molecular complexity index is 778. The van der Waals surface area contributed by atoms with Crippen molar-refractivity contribution >= 4 is 0 Å². The molecule has 4 rings (SSSR count). The van der Waals surface area contributed by atoms with E-state index in [1.54, 1.807) is 19.2 Å². The predicted molar refractivity (Wildman–Crippen MR) is 104 cm³/mol. The Morgan fingerprint density at radius 3 is 2.70 bits per heavy atom. The number of benzene rings is 2. The second kappa shape index (κ2) is 7.61. The van der Waals surface area contributed by atoms with Crippen molar-refractivity contribution in [3.63, 3.8) is 0 Å². The lowest BCUT2D eigenvalue weighted by atomic mass is 9.66. The molecule has 0 aromatic heterocycles. The third-order valence-electron chi connectivity index (χ3n) is 6.40. The summed E-state index contributed by atoms with van der Waals surface area (Å²) in [6.45, 7) is 1.52. The summed E-state index contributed by atoms with van der Waals surface area (Å²) in [5.41, 5.74) is 1.60. The Morgan fingerprint density at radius 1 is 1.15 bits per heavy atom. The Labute approximate surface area is 160 Å². The second-order valence-electron chi connectivity index (χ2n) is 8.02. The fourth-order valence-corrected chi connectivity index (χ4v) is 5.03. The molecule has 1 aliphatic carbocycles. The maximum Gasteiger partial charge on any atom is 0.123 e. The molecule has 1 N–H and O–H groups in total. The van der Waals surface area contributed by atoms with Crippen LogP contribution in [0.25, 0.3) is 0 Å². The van der Waals surface area contributed by atoms with Gasteiger partial charge in [-0.15, -0.1) is 0 Å². The van der Waals surface area contributed by atoms with Crippen molar-refractivity contribution in [3.05, 3.63) is 65.5 Å². The topological polar surface area (TPSA) is 32.7 Å². The molecule has 1 saturated heterocycles. The quantitative estimate of drug-likeness (QED) is 0.848. The number of hydrogen-bond donors (Lipinski definition) is 1. The number of fused-ring (bicyclic) bond motifs is 1. The molecule has 27 heavy (non-hydrogen) atoms. The van der Waals surface area contributed by atoms with Gasteiger partial charge in [0.05, 0.1) is 12.7 Å². The summed E-state index contributed by atoms with van der Waals surface area (Å²) in [6, 6.07) is 15.2. The van der Waals surface area contributed by atoms with Gasteiger partial charge in [0.15, 0.2) is 0 Å². The third-order valence-corrected chi connectivity index (χ3v) is 6.40. The van der Waals surface area contributed by atoms with Crippen LogP contribution in [0.4, 0.5) is 4.39 Å². The van der Waals surface area contributed by atoms with E-state index in [1.165, 1.54) is 11.6 Å². The van der Waals surface area contributed by atoms with Crippen LogP contribution in [0, 0.1) is 11.7 Å². The fourth-order valence-electron chi connectivity index (χ4n) is 5.03. The van der Waals surface area contributed by atoms with Crippen LogP contribution in [-0.4, -0.2) is 29.3 Å². The van der Waals surface area contributed by atoms with Gasteiger partial charge in [-0.3, -0.25) is 4.90 Å². The average Bonchev–Trinajstić information content (AvgIpc) is 2.68. The molecule has 2 aromatic carbocycles. The maximum absolute atomic E-state index is 13.7. The molecule has 0 spiro atoms. The van der Waals surface area contributed by atoms with E-state index in [0.29, 0.717) is 6.54 Å². The second-order valence-corrected chi connectivity index (χ2v) is 8.02. The molecular formula is C23H28FNO2. The number of piperidine rings is 1. The molecule has 3 nitrogen and oxygen atoms in total. The standard InChI is InChI=1S/C23H28FNO2/c1-27-20-10-8-18(9-11-20)22-21-7-2-3-12-23(21,26)13-14-25(22)16-17-5-4-6-19(24)15-17/h4-6,8-11,15,21-22,26H,2-3,7,12-14,16H2,1H3/t21-,22+,23+/m0/s1. The number of likely N-dealkylation sites (tertiary alicyclic amines) is 1. The largest absolute Gasteiger partial charge is 0.497 e. The SMILES string of the molecule is COc1ccc([C@@H]2[C@@H]3CCCC[C@@]3(O)CCN2Cc2cccc(F)c2)cc1. The molecule has 2 aromatic rings. The van der Waals surface area contributed by atoms with E-state index in [4.69, 9.17) is 4.74 Å². The van der Waals surface area contributed by atoms with E-state index in [2.05, 4.69) is 17.0 Å². The van der Waals surface area contributed by atoms with E-state index >= 15 is 0 Å². The molecule has 0 bridgehead atoms. The highest BCUT2D eigenvalue weighted by molar-refractivity contribution is 5.31. The molecule has 2 aliphatic rings. The van der Waals surface area contributed by atoms with Crippen molar-refractivity contribution in [2.24, 2.45) is 5.92 Å². The number of methoxy groups -OCH3 is 1. The van der Waals surface area contributed by atoms with Crippen molar-refractivity contribution in [3.8, 4) is 5.75 Å². The molecule has 1 heterocycles. The Balaban J connectivity index is 1.67. The van der Waals surface area contributed by atoms with Gasteiger partial charge in [-0.1, -0.05) is 37.1 Å². The number of aliphatic hydroxyl groups is 1. The first-order valence-corrected chi connectivity index (χ1v) is 9.94. The van der Waals surface area contributed by atoms with Gasteiger partial charge in [-0.2, -0.15) is 0 Å². The highest BCUT2D eigenvalue weighted by atomic mass is 19.1. The minimum absolute atomic E-state index is 0.137. The number of rotatable bonds is 4. The first kappa shape index (κ1) is 18.5. The van der Waals surface area contributed by atoms with E-state index in [1.807, 2.05) is 18.2 Å². The van der Waals surface area contributed by atoms with Gasteiger partial charge >= 0.3 is 0 Å². The van der Waals surface area contributed by atoms with Crippen molar-refractivity contribution in [2.75, 3.05) is 13.7 Å². The maximum atomic E-state index is 13.7. The van der Waals surface area contributed by atoms with Crippen LogP contribution >= 0.6 is 0 Å². The van der Waals surface area contributed by atoms with E-state index in [-0.39, 0.29) is 17.8 Å². The Kier molecular flexibility index (Phi) is 5.20. The summed E-state index contributed by atoms with van der Waals surface area (Å²) in [7, 11) is 1.67. The zero-order valence-corrected chi connectivity index (χ0v) is 15.9. The lowest BCUT2D eigenvalue weighted by Crippen LogP contribution is -2.54. The monoisotopic (exact) mass is 369 g/mol. The van der Waals surface area contributed by atoms with Gasteiger partial charge in [0.1, 0.15) is 11.6 Å². The van der Waals surface area contributed by atoms with Crippen LogP contribution in [0.3, 0.4) is 0 Å². The summed E-state index contributed by atoms with van der Waals surface area (Å²) in [6.07, 6.45) is 4.98. The third kappa shape index (κ3) is 3.74. The highest BCUT2D eigenvalue weighted by Crippen LogP contribution is 2.49. The summed E-state index contributed by atoms with van der Waals surface area (Å²) in [5, 5.41) is 11.3. The molecule has 3 atom stereocenters. The first-order valence-electron chi connectivity index (χ1n) is 9.94. The highest BCUT2D eigenvalue weighted by Gasteiger charge is 2.48. The van der Waals surface area contributed by atoms with Gasteiger partial charge in [0.2, 0.25) is 0 Å². The van der Waals surface area contributed by atoms with E-state index < -0.39 is 5.60 Å². The lowest BCUT2D eigenvalue weighted by Gasteiger charge is -2.52. The zero-order valence-electron chi connectivity index (χ0n) is 15.9. The van der Waals surface area contributed by atoms with Gasteiger partial charge in [0, 0.05) is 25.0 Å². The van der Waals surface area contributed by atoms with Crippen LogP contribution in [0.5, 0.6) is 5.75 Å². The van der Waals surface area contributed by atoms with Crippen LogP contribution in [-0.2, 0) is 6.54 Å². The zero-order chi connectivity index (χ0) is 18.9. The molecule has 144 valence electrons. The van der Waals surface area contributed by atoms with Gasteiger partial charge < -0.3 is 9.84 Å². The number of halogens is 1. The van der Waals surface area contributed by atoms with Crippen molar-refractivity contribution in [1.29, 1.82) is 0 Å². The number of nitrogens with zero attached hydrogens (tertiary/aromatic N) is 1. The minimum Gasteiger partial charge on any atom is -0.497 e. The molecule has 0 amide bonds. The molecule has 4 heteroatoms. The molecule has 0 unspecified atom stereocenters. The summed E-state index contributed by atoms with van der Waals surface area (Å²) < 4.78 is 19.0. The van der Waals surface area contributed by atoms with Crippen LogP contribution in [0.15, 0.2) is 48.5 Å². The van der Waals surface area contributed by atoms with Gasteiger partial charge in [-0.05, 0) is 54.7 Å².